The number of carbonyl (C=O) groups is 1. The Balaban J connectivity index is 2.30. The number of nitrogens with one attached hydrogen (secondary N) is 2. The first-order valence-electron chi connectivity index (χ1n) is 6.77. The van der Waals surface area contributed by atoms with E-state index in [-0.39, 0.29) is 11.6 Å². The predicted octanol–water partition coefficient (Wildman–Crippen LogP) is 4.15. The summed E-state index contributed by atoms with van der Waals surface area (Å²) < 4.78 is 0. The van der Waals surface area contributed by atoms with Crippen LogP contribution in [0.4, 0.5) is 11.5 Å². The zero-order valence-corrected chi connectivity index (χ0v) is 13.0. The van der Waals surface area contributed by atoms with Gasteiger partial charge < -0.3 is 10.6 Å². The lowest BCUT2D eigenvalue weighted by molar-refractivity contribution is 0.102. The maximum atomic E-state index is 12.4. The Kier molecular flexibility index (Phi) is 4.81. The molecule has 4 nitrogen and oxygen atoms in total. The van der Waals surface area contributed by atoms with Gasteiger partial charge in [0, 0.05) is 12.7 Å². The Labute approximate surface area is 129 Å². The molecular formula is C16H18ClN3O. The van der Waals surface area contributed by atoms with Crippen LogP contribution in [0.25, 0.3) is 0 Å². The number of nitrogens with zero attached hydrogens (tertiary/aromatic N) is 1. The molecule has 110 valence electrons. The molecular weight excluding hydrogens is 286 g/mol. The summed E-state index contributed by atoms with van der Waals surface area (Å²) in [6, 6.07) is 11.1. The molecule has 21 heavy (non-hydrogen) atoms. The van der Waals surface area contributed by atoms with E-state index in [9.17, 15) is 4.79 Å². The van der Waals surface area contributed by atoms with Gasteiger partial charge in [-0.3, -0.25) is 4.79 Å². The van der Waals surface area contributed by atoms with E-state index in [4.69, 9.17) is 11.6 Å². The van der Waals surface area contributed by atoms with Gasteiger partial charge in [-0.2, -0.15) is 0 Å². The molecule has 1 heterocycles. The molecule has 5 heteroatoms. The van der Waals surface area contributed by atoms with E-state index in [0.29, 0.717) is 16.8 Å². The number of aromatic nitrogens is 1. The Bertz CT molecular complexity index is 656. The summed E-state index contributed by atoms with van der Waals surface area (Å²) in [6.45, 7) is 4.16. The normalized spacial score (nSPS) is 10.5. The fourth-order valence-corrected chi connectivity index (χ4v) is 2.23. The molecule has 1 amide bonds. The number of hydrogen-bond acceptors (Lipinski definition) is 3. The maximum Gasteiger partial charge on any atom is 0.275 e. The van der Waals surface area contributed by atoms with E-state index >= 15 is 0 Å². The summed E-state index contributed by atoms with van der Waals surface area (Å²) in [7, 11) is 1.74. The van der Waals surface area contributed by atoms with Crippen LogP contribution in [0.3, 0.4) is 0 Å². The van der Waals surface area contributed by atoms with Crippen LogP contribution in [0.15, 0.2) is 36.4 Å². The van der Waals surface area contributed by atoms with Crippen molar-refractivity contribution >= 4 is 29.0 Å². The highest BCUT2D eigenvalue weighted by Crippen LogP contribution is 2.25. The molecule has 0 unspecified atom stereocenters. The second-order valence-electron chi connectivity index (χ2n) is 4.97. The number of para-hydroxylation sites is 1. The molecule has 2 N–H and O–H groups in total. The monoisotopic (exact) mass is 303 g/mol. The Morgan fingerprint density at radius 2 is 1.90 bits per heavy atom. The van der Waals surface area contributed by atoms with E-state index in [1.54, 1.807) is 19.2 Å². The summed E-state index contributed by atoms with van der Waals surface area (Å²) in [5, 5.41) is 6.11. The van der Waals surface area contributed by atoms with Gasteiger partial charge in [-0.15, -0.1) is 0 Å². The number of benzene rings is 1. The highest BCUT2D eigenvalue weighted by atomic mass is 35.5. The van der Waals surface area contributed by atoms with Crippen molar-refractivity contribution in [3.8, 4) is 0 Å². The Hall–Kier alpha value is -2.07. The van der Waals surface area contributed by atoms with E-state index in [1.807, 2.05) is 24.3 Å². The number of anilines is 2. The zero-order chi connectivity index (χ0) is 15.4. The lowest BCUT2D eigenvalue weighted by Gasteiger charge is -2.14. The first-order valence-corrected chi connectivity index (χ1v) is 7.15. The molecule has 0 radical (unpaired) electrons. The van der Waals surface area contributed by atoms with Crippen LogP contribution >= 0.6 is 11.6 Å². The van der Waals surface area contributed by atoms with Crippen LogP contribution in [-0.4, -0.2) is 17.9 Å². The lowest BCUT2D eigenvalue weighted by atomic mass is 10.0. The van der Waals surface area contributed by atoms with E-state index in [0.717, 1.165) is 11.3 Å². The zero-order valence-electron chi connectivity index (χ0n) is 12.3. The van der Waals surface area contributed by atoms with Gasteiger partial charge in [-0.25, -0.2) is 4.98 Å². The van der Waals surface area contributed by atoms with Gasteiger partial charge in [-0.1, -0.05) is 43.6 Å². The predicted molar refractivity (Wildman–Crippen MR) is 87.3 cm³/mol. The van der Waals surface area contributed by atoms with Crippen LogP contribution in [0.5, 0.6) is 0 Å². The quantitative estimate of drug-likeness (QED) is 0.892. The average Bonchev–Trinajstić information content (AvgIpc) is 2.48. The summed E-state index contributed by atoms with van der Waals surface area (Å²) in [5.74, 6) is 0.598. The van der Waals surface area contributed by atoms with Gasteiger partial charge in [-0.05, 0) is 29.7 Å². The molecule has 0 fully saturated rings. The van der Waals surface area contributed by atoms with Crippen molar-refractivity contribution in [2.75, 3.05) is 17.7 Å². The van der Waals surface area contributed by atoms with Gasteiger partial charge >= 0.3 is 0 Å². The third-order valence-electron chi connectivity index (χ3n) is 3.15. The first kappa shape index (κ1) is 15.3. The largest absolute Gasteiger partial charge is 0.373 e. The molecule has 2 aromatic rings. The van der Waals surface area contributed by atoms with Crippen LogP contribution < -0.4 is 10.6 Å². The van der Waals surface area contributed by atoms with Crippen molar-refractivity contribution in [1.82, 2.24) is 4.98 Å². The van der Waals surface area contributed by atoms with E-state index in [2.05, 4.69) is 29.5 Å². The summed E-state index contributed by atoms with van der Waals surface area (Å²) in [6.07, 6.45) is 0. The van der Waals surface area contributed by atoms with Gasteiger partial charge in [0.2, 0.25) is 0 Å². The molecule has 0 aliphatic rings. The number of amides is 1. The van der Waals surface area contributed by atoms with Gasteiger partial charge in [0.15, 0.2) is 0 Å². The number of halogens is 1. The van der Waals surface area contributed by atoms with Crippen molar-refractivity contribution < 1.29 is 4.79 Å². The molecule has 0 bridgehead atoms. The van der Waals surface area contributed by atoms with Crippen molar-refractivity contribution in [3.63, 3.8) is 0 Å². The maximum absolute atomic E-state index is 12.4. The highest BCUT2D eigenvalue weighted by Gasteiger charge is 2.15. The second-order valence-corrected chi connectivity index (χ2v) is 5.38. The van der Waals surface area contributed by atoms with E-state index < -0.39 is 0 Å². The number of pyridine rings is 1. The van der Waals surface area contributed by atoms with E-state index in [1.165, 1.54) is 0 Å². The highest BCUT2D eigenvalue weighted by molar-refractivity contribution is 6.34. The molecule has 1 aromatic heterocycles. The average molecular weight is 304 g/mol. The Morgan fingerprint density at radius 3 is 2.57 bits per heavy atom. The first-order chi connectivity index (χ1) is 10.0. The summed E-state index contributed by atoms with van der Waals surface area (Å²) in [5.41, 5.74) is 2.07. The minimum Gasteiger partial charge on any atom is -0.373 e. The molecule has 0 atom stereocenters. The molecule has 2 rings (SSSR count). The smallest absolute Gasteiger partial charge is 0.275 e. The van der Waals surface area contributed by atoms with Crippen molar-refractivity contribution in [1.29, 1.82) is 0 Å². The van der Waals surface area contributed by atoms with Crippen LogP contribution in [0, 0.1) is 0 Å². The second kappa shape index (κ2) is 6.59. The molecule has 0 spiro atoms. The van der Waals surface area contributed by atoms with Crippen molar-refractivity contribution in [2.45, 2.75) is 19.8 Å². The van der Waals surface area contributed by atoms with Crippen LogP contribution in [0.2, 0.25) is 5.02 Å². The topological polar surface area (TPSA) is 54.0 Å². The minimum atomic E-state index is -0.315. The molecule has 0 saturated carbocycles. The minimum absolute atomic E-state index is 0.210. The van der Waals surface area contributed by atoms with Crippen molar-refractivity contribution in [2.24, 2.45) is 0 Å². The number of hydrogen-bond donors (Lipinski definition) is 2. The van der Waals surface area contributed by atoms with Crippen molar-refractivity contribution in [3.05, 3.63) is 52.7 Å². The summed E-state index contributed by atoms with van der Waals surface area (Å²) >= 11 is 6.07. The van der Waals surface area contributed by atoms with Gasteiger partial charge in [0.05, 0.1) is 5.02 Å². The number of rotatable bonds is 4. The Morgan fingerprint density at radius 1 is 1.19 bits per heavy atom. The third kappa shape index (κ3) is 3.52. The SMILES string of the molecule is CNc1ccc(Cl)c(C(=O)Nc2ccccc2C(C)C)n1. The lowest BCUT2D eigenvalue weighted by Crippen LogP contribution is -2.16. The number of carbonyl (C=O) groups excluding carboxylic acids is 1. The third-order valence-corrected chi connectivity index (χ3v) is 3.45. The molecule has 1 aromatic carbocycles. The molecule has 0 saturated heterocycles. The molecule has 0 aliphatic heterocycles. The van der Waals surface area contributed by atoms with Crippen LogP contribution in [-0.2, 0) is 0 Å². The van der Waals surface area contributed by atoms with Gasteiger partial charge in [0.25, 0.3) is 5.91 Å². The van der Waals surface area contributed by atoms with Gasteiger partial charge in [0.1, 0.15) is 11.5 Å². The molecule has 0 aliphatic carbocycles. The fourth-order valence-electron chi connectivity index (χ4n) is 2.04. The summed E-state index contributed by atoms with van der Waals surface area (Å²) in [4.78, 5) is 16.6. The fraction of sp³-hybridized carbons (Fsp3) is 0.250. The standard InChI is InChI=1S/C16H18ClN3O/c1-10(2)11-6-4-5-7-13(11)19-16(21)15-12(17)8-9-14(18-3)20-15/h4-10H,1-3H3,(H,18,20)(H,19,21). The van der Waals surface area contributed by atoms with Crippen LogP contribution in [0.1, 0.15) is 35.8 Å².